The van der Waals surface area contributed by atoms with E-state index in [2.05, 4.69) is 0 Å². The van der Waals surface area contributed by atoms with E-state index in [1.165, 1.54) is 6.07 Å². The Hall–Kier alpha value is -0.930. The second-order valence-electron chi connectivity index (χ2n) is 3.69. The van der Waals surface area contributed by atoms with Gasteiger partial charge in [-0.2, -0.15) is 0 Å². The maximum Gasteiger partial charge on any atom is 0.128 e. The lowest BCUT2D eigenvalue weighted by atomic mass is 9.94. The second-order valence-corrected chi connectivity index (χ2v) is 3.69. The van der Waals surface area contributed by atoms with Gasteiger partial charge in [0.05, 0.1) is 6.61 Å². The molecule has 0 heterocycles. The van der Waals surface area contributed by atoms with E-state index in [0.717, 1.165) is 5.56 Å². The number of hydrogen-bond acceptors (Lipinski definition) is 2. The van der Waals surface area contributed by atoms with Crippen LogP contribution in [-0.4, -0.2) is 5.11 Å². The number of halogens is 1. The molecule has 3 N–H and O–H groups in total. The smallest absolute Gasteiger partial charge is 0.128 e. The fourth-order valence-corrected chi connectivity index (χ4v) is 1.10. The van der Waals surface area contributed by atoms with Crippen LogP contribution in [0.1, 0.15) is 25.0 Å². The van der Waals surface area contributed by atoms with Gasteiger partial charge in [-0.15, -0.1) is 0 Å². The molecule has 0 bridgehead atoms. The first-order valence-electron chi connectivity index (χ1n) is 4.14. The topological polar surface area (TPSA) is 46.2 Å². The quantitative estimate of drug-likeness (QED) is 0.730. The largest absolute Gasteiger partial charge is 0.392 e. The molecule has 0 radical (unpaired) electrons. The molecule has 0 saturated heterocycles. The van der Waals surface area contributed by atoms with Crippen molar-refractivity contribution in [3.63, 3.8) is 0 Å². The number of hydrogen-bond donors (Lipinski definition) is 2. The zero-order chi connectivity index (χ0) is 10.1. The molecule has 1 aromatic carbocycles. The molecular weight excluding hydrogens is 169 g/mol. The predicted molar refractivity (Wildman–Crippen MR) is 49.5 cm³/mol. The van der Waals surface area contributed by atoms with Crippen molar-refractivity contribution in [1.82, 2.24) is 0 Å². The van der Waals surface area contributed by atoms with Gasteiger partial charge in [0.1, 0.15) is 5.82 Å². The third kappa shape index (κ3) is 2.26. The highest BCUT2D eigenvalue weighted by Crippen LogP contribution is 2.19. The van der Waals surface area contributed by atoms with Crippen LogP contribution in [0.5, 0.6) is 0 Å². The number of rotatable bonds is 2. The lowest BCUT2D eigenvalue weighted by Gasteiger charge is -2.19. The minimum atomic E-state index is -0.502. The number of nitrogens with two attached hydrogens (primary N) is 1. The van der Waals surface area contributed by atoms with E-state index in [0.29, 0.717) is 0 Å². The third-order valence-electron chi connectivity index (χ3n) is 1.96. The molecule has 1 aromatic rings. The normalized spacial score (nSPS) is 11.8. The average Bonchev–Trinajstić information content (AvgIpc) is 2.03. The SMILES string of the molecule is CC(C)(N)c1ccc(F)c(CO)c1. The molecule has 13 heavy (non-hydrogen) atoms. The van der Waals surface area contributed by atoms with E-state index in [-0.39, 0.29) is 12.2 Å². The van der Waals surface area contributed by atoms with E-state index in [4.69, 9.17) is 10.8 Å². The number of aliphatic hydroxyl groups excluding tert-OH is 1. The van der Waals surface area contributed by atoms with Crippen LogP contribution in [0.4, 0.5) is 4.39 Å². The minimum Gasteiger partial charge on any atom is -0.392 e. The Balaban J connectivity index is 3.14. The van der Waals surface area contributed by atoms with Crippen molar-refractivity contribution in [1.29, 1.82) is 0 Å². The maximum atomic E-state index is 13.0. The zero-order valence-electron chi connectivity index (χ0n) is 7.84. The molecule has 0 saturated carbocycles. The Morgan fingerprint density at radius 1 is 1.46 bits per heavy atom. The molecule has 0 amide bonds. The third-order valence-corrected chi connectivity index (χ3v) is 1.96. The van der Waals surface area contributed by atoms with Crippen LogP contribution < -0.4 is 5.73 Å². The van der Waals surface area contributed by atoms with Gasteiger partial charge in [-0.1, -0.05) is 6.07 Å². The van der Waals surface area contributed by atoms with Gasteiger partial charge in [-0.3, -0.25) is 0 Å². The van der Waals surface area contributed by atoms with E-state index < -0.39 is 11.4 Å². The summed E-state index contributed by atoms with van der Waals surface area (Å²) >= 11 is 0. The summed E-state index contributed by atoms with van der Waals surface area (Å²) in [5, 5.41) is 8.83. The van der Waals surface area contributed by atoms with Gasteiger partial charge in [0.15, 0.2) is 0 Å². The molecule has 72 valence electrons. The fraction of sp³-hybridized carbons (Fsp3) is 0.400. The molecule has 3 heteroatoms. The summed E-state index contributed by atoms with van der Waals surface area (Å²) in [6.07, 6.45) is 0. The molecule has 0 aliphatic heterocycles. The summed E-state index contributed by atoms with van der Waals surface area (Å²) in [5.41, 5.74) is 6.43. The molecule has 1 rings (SSSR count). The van der Waals surface area contributed by atoms with E-state index in [9.17, 15) is 4.39 Å². The number of benzene rings is 1. The van der Waals surface area contributed by atoms with Crippen molar-refractivity contribution in [3.05, 3.63) is 35.1 Å². The van der Waals surface area contributed by atoms with Crippen LogP contribution in [0.3, 0.4) is 0 Å². The Kier molecular flexibility index (Phi) is 2.68. The Labute approximate surface area is 77.2 Å². The standard InChI is InChI=1S/C10H14FNO/c1-10(2,12)8-3-4-9(11)7(5-8)6-13/h3-5,13H,6,12H2,1-2H3. The summed E-state index contributed by atoms with van der Waals surface area (Å²) < 4.78 is 13.0. The van der Waals surface area contributed by atoms with Gasteiger partial charge in [-0.25, -0.2) is 4.39 Å². The van der Waals surface area contributed by atoms with Crippen LogP contribution >= 0.6 is 0 Å². The fourth-order valence-electron chi connectivity index (χ4n) is 1.10. The molecular formula is C10H14FNO. The maximum absolute atomic E-state index is 13.0. The molecule has 0 unspecified atom stereocenters. The van der Waals surface area contributed by atoms with Crippen molar-refractivity contribution in [2.75, 3.05) is 0 Å². The van der Waals surface area contributed by atoms with Crippen molar-refractivity contribution < 1.29 is 9.50 Å². The average molecular weight is 183 g/mol. The van der Waals surface area contributed by atoms with Crippen molar-refractivity contribution in [2.45, 2.75) is 26.0 Å². The summed E-state index contributed by atoms with van der Waals surface area (Å²) in [6, 6.07) is 4.55. The Morgan fingerprint density at radius 3 is 2.54 bits per heavy atom. The van der Waals surface area contributed by atoms with Crippen molar-refractivity contribution in [2.24, 2.45) is 5.73 Å². The molecule has 0 aromatic heterocycles. The van der Waals surface area contributed by atoms with Crippen LogP contribution in [-0.2, 0) is 12.1 Å². The lowest BCUT2D eigenvalue weighted by molar-refractivity contribution is 0.275. The van der Waals surface area contributed by atoms with E-state index in [1.807, 2.05) is 13.8 Å². The molecule has 0 aliphatic rings. The highest BCUT2D eigenvalue weighted by Gasteiger charge is 2.15. The van der Waals surface area contributed by atoms with Crippen LogP contribution in [0.2, 0.25) is 0 Å². The van der Waals surface area contributed by atoms with Gasteiger partial charge >= 0.3 is 0 Å². The van der Waals surface area contributed by atoms with Gasteiger partial charge in [-0.05, 0) is 31.5 Å². The monoisotopic (exact) mass is 183 g/mol. The first-order chi connectivity index (χ1) is 5.95. The van der Waals surface area contributed by atoms with Crippen LogP contribution in [0.25, 0.3) is 0 Å². The van der Waals surface area contributed by atoms with Crippen LogP contribution in [0, 0.1) is 5.82 Å². The predicted octanol–water partition coefficient (Wildman–Crippen LogP) is 1.51. The Morgan fingerprint density at radius 2 is 2.08 bits per heavy atom. The highest BCUT2D eigenvalue weighted by molar-refractivity contribution is 5.29. The molecule has 0 fully saturated rings. The summed E-state index contributed by atoms with van der Waals surface area (Å²) in [7, 11) is 0. The van der Waals surface area contributed by atoms with E-state index in [1.54, 1.807) is 12.1 Å². The second kappa shape index (κ2) is 3.44. The first kappa shape index (κ1) is 10.2. The summed E-state index contributed by atoms with van der Waals surface area (Å²) in [6.45, 7) is 3.37. The van der Waals surface area contributed by atoms with Gasteiger partial charge in [0.25, 0.3) is 0 Å². The lowest BCUT2D eigenvalue weighted by Crippen LogP contribution is -2.28. The molecule has 0 atom stereocenters. The summed E-state index contributed by atoms with van der Waals surface area (Å²) in [5.74, 6) is -0.393. The molecule has 2 nitrogen and oxygen atoms in total. The minimum absolute atomic E-state index is 0.288. The number of aliphatic hydroxyl groups is 1. The van der Waals surface area contributed by atoms with Gasteiger partial charge in [0.2, 0.25) is 0 Å². The van der Waals surface area contributed by atoms with Crippen LogP contribution in [0.15, 0.2) is 18.2 Å². The Bertz CT molecular complexity index is 304. The molecule has 0 spiro atoms. The van der Waals surface area contributed by atoms with Crippen molar-refractivity contribution in [3.8, 4) is 0 Å². The zero-order valence-corrected chi connectivity index (χ0v) is 7.84. The van der Waals surface area contributed by atoms with Gasteiger partial charge < -0.3 is 10.8 Å². The molecule has 0 aliphatic carbocycles. The summed E-state index contributed by atoms with van der Waals surface area (Å²) in [4.78, 5) is 0. The van der Waals surface area contributed by atoms with Crippen molar-refractivity contribution >= 4 is 0 Å². The highest BCUT2D eigenvalue weighted by atomic mass is 19.1. The van der Waals surface area contributed by atoms with Gasteiger partial charge in [0, 0.05) is 11.1 Å². The first-order valence-corrected chi connectivity index (χ1v) is 4.14. The van der Waals surface area contributed by atoms with E-state index >= 15 is 0 Å².